The first kappa shape index (κ1) is 26.0. The van der Waals surface area contributed by atoms with Gasteiger partial charge in [-0.2, -0.15) is 0 Å². The lowest BCUT2D eigenvalue weighted by molar-refractivity contribution is -0.178. The predicted molar refractivity (Wildman–Crippen MR) is 133 cm³/mol. The van der Waals surface area contributed by atoms with Gasteiger partial charge in [-0.3, -0.25) is 19.2 Å². The van der Waals surface area contributed by atoms with Crippen LogP contribution in [0.25, 0.3) is 5.76 Å². The minimum atomic E-state index is -2.85. The zero-order valence-electron chi connectivity index (χ0n) is 21.0. The van der Waals surface area contributed by atoms with Gasteiger partial charge in [0.15, 0.2) is 11.4 Å². The van der Waals surface area contributed by atoms with E-state index >= 15 is 0 Å². The molecule has 4 aliphatic carbocycles. The van der Waals surface area contributed by atoms with E-state index in [0.29, 0.717) is 17.9 Å². The maximum Gasteiger partial charge on any atom is 0.306 e. The molecule has 5 atom stereocenters. The van der Waals surface area contributed by atoms with Crippen LogP contribution in [0.1, 0.15) is 68.9 Å². The highest BCUT2D eigenvalue weighted by Gasteiger charge is 2.66. The molecular formula is C28H31NO9. The quantitative estimate of drug-likeness (QED) is 0.284. The van der Waals surface area contributed by atoms with E-state index in [9.17, 15) is 39.6 Å². The molecule has 5 unspecified atom stereocenters. The molecule has 2 fully saturated rings. The molecule has 0 spiro atoms. The molecule has 10 nitrogen and oxygen atoms in total. The van der Waals surface area contributed by atoms with Crippen LogP contribution in [0.2, 0.25) is 0 Å². The fraction of sp³-hybridized carbons (Fsp3) is 0.500. The molecule has 202 valence electrons. The van der Waals surface area contributed by atoms with E-state index in [2.05, 4.69) is 0 Å². The predicted octanol–water partition coefficient (Wildman–Crippen LogP) is 2.48. The number of benzene rings is 1. The number of aliphatic hydroxyl groups is 3. The second-order valence-electron chi connectivity index (χ2n) is 10.9. The Morgan fingerprint density at radius 1 is 1.13 bits per heavy atom. The number of hydrogen-bond acceptors (Lipinski definition) is 9. The number of aliphatic hydroxyl groups excluding tert-OH is 2. The topological polar surface area (TPSA) is 184 Å². The molecule has 0 aliphatic heterocycles. The zero-order chi connectivity index (χ0) is 27.5. The summed E-state index contributed by atoms with van der Waals surface area (Å²) in [5, 5.41) is 44.3. The molecule has 1 aromatic carbocycles. The van der Waals surface area contributed by atoms with Gasteiger partial charge in [0.1, 0.15) is 28.9 Å². The second-order valence-corrected chi connectivity index (χ2v) is 10.9. The average molecular weight is 526 g/mol. The molecule has 0 heterocycles. The number of ketones is 2. The van der Waals surface area contributed by atoms with Crippen molar-refractivity contribution >= 4 is 29.2 Å². The lowest BCUT2D eigenvalue weighted by Crippen LogP contribution is -2.64. The van der Waals surface area contributed by atoms with Gasteiger partial charge in [-0.05, 0) is 29.9 Å². The van der Waals surface area contributed by atoms with Crippen LogP contribution in [-0.2, 0) is 23.9 Å². The lowest BCUT2D eigenvalue weighted by atomic mass is 9.55. The summed E-state index contributed by atoms with van der Waals surface area (Å²) in [5.74, 6) is -8.72. The fourth-order valence-corrected chi connectivity index (χ4v) is 6.91. The molecular weight excluding hydrogens is 494 g/mol. The van der Waals surface area contributed by atoms with Crippen LogP contribution < -0.4 is 5.73 Å². The standard InChI is InChI=1S/C28H31NO9/c1-12-14-7-4-8-16(30)20(14)23(33)22-19(12)24(38-18(32)10-9-13-5-2-3-6-13)15-11-17(31)21(27(29)36)25(34)28(15,37)26(22)35/h4,7-8,12-13,15,19,24,30,33-34,37H,2-3,5-6,9-11H2,1H3,(H2,29,36). The number of fused-ring (bicyclic) bond motifs is 3. The van der Waals surface area contributed by atoms with Crippen molar-refractivity contribution in [1.29, 1.82) is 0 Å². The van der Waals surface area contributed by atoms with Gasteiger partial charge in [-0.15, -0.1) is 0 Å². The van der Waals surface area contributed by atoms with Crippen molar-refractivity contribution in [2.45, 2.75) is 69.5 Å². The van der Waals surface area contributed by atoms with Gasteiger partial charge in [0.05, 0.1) is 5.56 Å². The average Bonchev–Trinajstić information content (AvgIpc) is 3.38. The summed E-state index contributed by atoms with van der Waals surface area (Å²) >= 11 is 0. The van der Waals surface area contributed by atoms with Crippen LogP contribution >= 0.6 is 0 Å². The van der Waals surface area contributed by atoms with E-state index in [1.54, 1.807) is 19.1 Å². The van der Waals surface area contributed by atoms with Gasteiger partial charge in [-0.25, -0.2) is 0 Å². The van der Waals surface area contributed by atoms with E-state index < -0.39 is 76.4 Å². The number of phenolic OH excluding ortho intramolecular Hbond substituents is 1. The molecule has 0 bridgehead atoms. The highest BCUT2D eigenvalue weighted by Crippen LogP contribution is 2.56. The van der Waals surface area contributed by atoms with Crippen LogP contribution in [0.15, 0.2) is 35.1 Å². The van der Waals surface area contributed by atoms with Crippen LogP contribution in [0.5, 0.6) is 5.75 Å². The number of rotatable bonds is 5. The first-order chi connectivity index (χ1) is 18.0. The number of aromatic hydroxyl groups is 1. The minimum absolute atomic E-state index is 0.0153. The number of hydrogen-bond donors (Lipinski definition) is 5. The van der Waals surface area contributed by atoms with Crippen LogP contribution in [-0.4, -0.2) is 55.6 Å². The van der Waals surface area contributed by atoms with Crippen molar-refractivity contribution in [1.82, 2.24) is 0 Å². The maximum atomic E-state index is 13.9. The lowest BCUT2D eigenvalue weighted by Gasteiger charge is -2.51. The molecule has 6 N–H and O–H groups in total. The van der Waals surface area contributed by atoms with Gasteiger partial charge < -0.3 is 30.9 Å². The molecule has 0 saturated heterocycles. The van der Waals surface area contributed by atoms with Gasteiger partial charge in [0, 0.05) is 30.3 Å². The third-order valence-electron chi connectivity index (χ3n) is 8.83. The minimum Gasteiger partial charge on any atom is -0.508 e. The number of carbonyl (C=O) groups excluding carboxylic acids is 4. The number of phenols is 1. The Kier molecular flexibility index (Phi) is 6.33. The van der Waals surface area contributed by atoms with Crippen molar-refractivity contribution < 1.29 is 44.3 Å². The molecule has 0 aromatic heterocycles. The Balaban J connectivity index is 1.64. The van der Waals surface area contributed by atoms with Crippen molar-refractivity contribution in [2.75, 3.05) is 0 Å². The normalized spacial score (nSPS) is 31.1. The van der Waals surface area contributed by atoms with Gasteiger partial charge >= 0.3 is 5.97 Å². The third-order valence-corrected chi connectivity index (χ3v) is 8.83. The monoisotopic (exact) mass is 525 g/mol. The Morgan fingerprint density at radius 2 is 1.82 bits per heavy atom. The van der Waals surface area contributed by atoms with Crippen LogP contribution in [0.3, 0.4) is 0 Å². The Bertz CT molecular complexity index is 1310. The fourth-order valence-electron chi connectivity index (χ4n) is 6.91. The van der Waals surface area contributed by atoms with E-state index in [-0.39, 0.29) is 23.3 Å². The Morgan fingerprint density at radius 3 is 2.47 bits per heavy atom. The van der Waals surface area contributed by atoms with E-state index in [0.717, 1.165) is 25.7 Å². The van der Waals surface area contributed by atoms with Gasteiger partial charge in [0.25, 0.3) is 5.91 Å². The third kappa shape index (κ3) is 3.73. The summed E-state index contributed by atoms with van der Waals surface area (Å²) < 4.78 is 5.90. The summed E-state index contributed by atoms with van der Waals surface area (Å²) in [6.07, 6.45) is 3.07. The van der Waals surface area contributed by atoms with E-state index in [4.69, 9.17) is 10.5 Å². The first-order valence-corrected chi connectivity index (χ1v) is 13.0. The molecule has 1 amide bonds. The number of esters is 1. The summed E-state index contributed by atoms with van der Waals surface area (Å²) in [7, 11) is 0. The SMILES string of the molecule is CC1c2cccc(O)c2C(O)=C2C(=O)C3(O)C(O)=C(C(N)=O)C(=O)CC3C(OC(=O)CCC3CCCC3)C21. The molecule has 10 heteroatoms. The number of amides is 1. The second kappa shape index (κ2) is 9.27. The van der Waals surface area contributed by atoms with Crippen molar-refractivity contribution in [3.05, 3.63) is 46.2 Å². The van der Waals surface area contributed by atoms with Crippen molar-refractivity contribution in [2.24, 2.45) is 23.5 Å². The van der Waals surface area contributed by atoms with Crippen molar-refractivity contribution in [3.8, 4) is 5.75 Å². The number of nitrogens with two attached hydrogens (primary N) is 1. The molecule has 0 radical (unpaired) electrons. The summed E-state index contributed by atoms with van der Waals surface area (Å²) in [6, 6.07) is 4.56. The Hall–Kier alpha value is -3.66. The molecule has 5 rings (SSSR count). The van der Waals surface area contributed by atoms with Gasteiger partial charge in [-0.1, -0.05) is 44.7 Å². The summed E-state index contributed by atoms with van der Waals surface area (Å²) in [4.78, 5) is 51.8. The smallest absolute Gasteiger partial charge is 0.306 e. The molecule has 38 heavy (non-hydrogen) atoms. The van der Waals surface area contributed by atoms with E-state index in [1.807, 2.05) is 0 Å². The van der Waals surface area contributed by atoms with E-state index in [1.165, 1.54) is 6.07 Å². The largest absolute Gasteiger partial charge is 0.508 e. The first-order valence-electron chi connectivity index (χ1n) is 13.0. The van der Waals surface area contributed by atoms with Crippen molar-refractivity contribution in [3.63, 3.8) is 0 Å². The van der Waals surface area contributed by atoms with Gasteiger partial charge in [0.2, 0.25) is 5.78 Å². The molecule has 2 saturated carbocycles. The molecule has 4 aliphatic rings. The maximum absolute atomic E-state index is 13.9. The number of primary amides is 1. The zero-order valence-corrected chi connectivity index (χ0v) is 21.0. The van der Waals surface area contributed by atoms with Crippen LogP contribution in [0.4, 0.5) is 0 Å². The highest BCUT2D eigenvalue weighted by molar-refractivity contribution is 6.23. The highest BCUT2D eigenvalue weighted by atomic mass is 16.5. The summed E-state index contributed by atoms with van der Waals surface area (Å²) in [5.41, 5.74) is 1.63. The number of ether oxygens (including phenoxy) is 1. The van der Waals surface area contributed by atoms with Crippen LogP contribution in [0, 0.1) is 17.8 Å². The Labute approximate surface area is 218 Å². The number of carbonyl (C=O) groups is 4. The molecule has 1 aromatic rings. The summed E-state index contributed by atoms with van der Waals surface area (Å²) in [6.45, 7) is 1.72. The number of Topliss-reactive ketones (excluding diaryl/α,β-unsaturated/α-hetero) is 2.